The van der Waals surface area contributed by atoms with Crippen LogP contribution < -0.4 is 14.2 Å². The summed E-state index contributed by atoms with van der Waals surface area (Å²) in [7, 11) is -3.69. The van der Waals surface area contributed by atoms with Crippen molar-refractivity contribution in [2.75, 3.05) is 44.5 Å². The molecule has 0 aromatic heterocycles. The predicted molar refractivity (Wildman–Crippen MR) is 94.9 cm³/mol. The van der Waals surface area contributed by atoms with Gasteiger partial charge in [-0.25, -0.2) is 13.1 Å². The smallest absolute Gasteiger partial charge is 0.240 e. The van der Waals surface area contributed by atoms with Crippen LogP contribution in [-0.2, 0) is 14.8 Å². The number of rotatable bonds is 7. The number of sulfonamides is 1. The van der Waals surface area contributed by atoms with E-state index in [9.17, 15) is 8.42 Å². The lowest BCUT2D eigenvalue weighted by Gasteiger charge is -2.37. The highest BCUT2D eigenvalue weighted by atomic mass is 32.2. The number of nitrogens with one attached hydrogen (secondary N) is 1. The van der Waals surface area contributed by atoms with Gasteiger partial charge < -0.3 is 19.3 Å². The van der Waals surface area contributed by atoms with Gasteiger partial charge in [0, 0.05) is 12.6 Å². The third-order valence-electron chi connectivity index (χ3n) is 4.31. The molecule has 0 radical (unpaired) electrons. The van der Waals surface area contributed by atoms with E-state index in [-0.39, 0.29) is 24.7 Å². The number of aliphatic hydroxyl groups excluding tert-OH is 1. The van der Waals surface area contributed by atoms with Crippen LogP contribution in [0.2, 0.25) is 0 Å². The summed E-state index contributed by atoms with van der Waals surface area (Å²) in [4.78, 5) is 0.138. The number of benzene rings is 1. The first-order valence-corrected chi connectivity index (χ1v) is 10.9. The van der Waals surface area contributed by atoms with Crippen molar-refractivity contribution in [1.82, 2.24) is 4.72 Å². The maximum atomic E-state index is 12.7. The summed E-state index contributed by atoms with van der Waals surface area (Å²) in [5.41, 5.74) is -0.561. The summed E-state index contributed by atoms with van der Waals surface area (Å²) in [6.45, 7) is 1.17. The quantitative estimate of drug-likeness (QED) is 0.719. The van der Waals surface area contributed by atoms with Crippen LogP contribution in [0.25, 0.3) is 0 Å². The zero-order valence-corrected chi connectivity index (χ0v) is 15.5. The Labute approximate surface area is 152 Å². The molecule has 1 aromatic rings. The molecule has 7 nitrogen and oxygen atoms in total. The highest BCUT2D eigenvalue weighted by molar-refractivity contribution is 7.99. The Kier molecular flexibility index (Phi) is 6.11. The van der Waals surface area contributed by atoms with Crippen molar-refractivity contribution in [3.63, 3.8) is 0 Å². The van der Waals surface area contributed by atoms with Crippen molar-refractivity contribution < 1.29 is 27.7 Å². The molecule has 1 aromatic carbocycles. The van der Waals surface area contributed by atoms with Crippen LogP contribution in [0.1, 0.15) is 12.8 Å². The summed E-state index contributed by atoms with van der Waals surface area (Å²) in [5, 5.41) is 9.04. The van der Waals surface area contributed by atoms with E-state index in [2.05, 4.69) is 4.72 Å². The van der Waals surface area contributed by atoms with Crippen LogP contribution in [-0.4, -0.2) is 63.6 Å². The minimum atomic E-state index is -3.69. The third kappa shape index (κ3) is 4.59. The van der Waals surface area contributed by atoms with Gasteiger partial charge in [-0.1, -0.05) is 0 Å². The van der Waals surface area contributed by atoms with Crippen molar-refractivity contribution in [2.45, 2.75) is 23.3 Å². The maximum absolute atomic E-state index is 12.7. The van der Waals surface area contributed by atoms with Crippen LogP contribution in [0.4, 0.5) is 0 Å². The van der Waals surface area contributed by atoms with Gasteiger partial charge >= 0.3 is 0 Å². The molecule has 1 saturated heterocycles. The molecule has 9 heteroatoms. The fraction of sp³-hybridized carbons (Fsp3) is 0.625. The second-order valence-corrected chi connectivity index (χ2v) is 8.99. The molecule has 0 atom stereocenters. The van der Waals surface area contributed by atoms with Crippen LogP contribution in [0, 0.1) is 0 Å². The molecule has 3 rings (SSSR count). The molecule has 2 N–H and O–H groups in total. The Balaban J connectivity index is 1.71. The number of fused-ring (bicyclic) bond motifs is 1. The molecule has 2 heterocycles. The summed E-state index contributed by atoms with van der Waals surface area (Å²) in [5.74, 6) is 2.82. The molecule has 25 heavy (non-hydrogen) atoms. The molecule has 140 valence electrons. The van der Waals surface area contributed by atoms with Crippen LogP contribution in [0.5, 0.6) is 11.5 Å². The average molecular weight is 389 g/mol. The SMILES string of the molecule is O=S(=O)(NCC1(OCCO)CCSCC1)c1ccc2c(c1)OCCO2. The Morgan fingerprint density at radius 3 is 2.64 bits per heavy atom. The summed E-state index contributed by atoms with van der Waals surface area (Å²) in [6, 6.07) is 4.60. The second-order valence-electron chi connectivity index (χ2n) is 6.00. The van der Waals surface area contributed by atoms with Gasteiger partial charge in [0.1, 0.15) is 13.2 Å². The second kappa shape index (κ2) is 8.13. The number of ether oxygens (including phenoxy) is 3. The highest BCUT2D eigenvalue weighted by Gasteiger charge is 2.35. The normalized spacial score (nSPS) is 19.6. The lowest BCUT2D eigenvalue weighted by atomic mass is 9.97. The molecule has 0 unspecified atom stereocenters. The van der Waals surface area contributed by atoms with E-state index in [0.717, 1.165) is 24.3 Å². The first kappa shape index (κ1) is 18.8. The summed E-state index contributed by atoms with van der Waals surface area (Å²) in [6.07, 6.45) is 1.50. The molecule has 0 amide bonds. The van der Waals surface area contributed by atoms with Gasteiger partial charge in [0.05, 0.1) is 23.7 Å². The Hall–Kier alpha value is -1.00. The van der Waals surface area contributed by atoms with E-state index < -0.39 is 15.6 Å². The highest BCUT2D eigenvalue weighted by Crippen LogP contribution is 2.33. The standard InChI is InChI=1S/C16H23NO6S2/c18-5-6-23-16(3-9-24-10-4-16)12-17-25(19,20)13-1-2-14-15(11-13)22-8-7-21-14/h1-2,11,17-18H,3-10,12H2. The number of thioether (sulfide) groups is 1. The average Bonchev–Trinajstić information content (AvgIpc) is 2.65. The zero-order valence-electron chi connectivity index (χ0n) is 13.9. The molecular weight excluding hydrogens is 366 g/mol. The predicted octanol–water partition coefficient (Wildman–Crippen LogP) is 1.01. The van der Waals surface area contributed by atoms with Gasteiger partial charge in [-0.05, 0) is 36.5 Å². The number of hydrogen-bond acceptors (Lipinski definition) is 7. The molecular formula is C16H23NO6S2. The molecule has 0 aliphatic carbocycles. The van der Waals surface area contributed by atoms with Crippen molar-refractivity contribution >= 4 is 21.8 Å². The van der Waals surface area contributed by atoms with Gasteiger partial charge in [-0.3, -0.25) is 0 Å². The minimum Gasteiger partial charge on any atom is -0.486 e. The molecule has 0 spiro atoms. The molecule has 1 fully saturated rings. The molecule has 2 aliphatic heterocycles. The van der Waals surface area contributed by atoms with E-state index in [1.54, 1.807) is 6.07 Å². The zero-order chi connectivity index (χ0) is 17.8. The fourth-order valence-corrected chi connectivity index (χ4v) is 5.24. The van der Waals surface area contributed by atoms with Crippen LogP contribution in [0.15, 0.2) is 23.1 Å². The number of hydrogen-bond donors (Lipinski definition) is 2. The van der Waals surface area contributed by atoms with E-state index in [0.29, 0.717) is 24.7 Å². The Morgan fingerprint density at radius 1 is 1.20 bits per heavy atom. The fourth-order valence-electron chi connectivity index (χ4n) is 2.88. The van der Waals surface area contributed by atoms with Crippen LogP contribution >= 0.6 is 11.8 Å². The van der Waals surface area contributed by atoms with Crippen molar-refractivity contribution in [1.29, 1.82) is 0 Å². The van der Waals surface area contributed by atoms with E-state index in [1.165, 1.54) is 12.1 Å². The molecule has 0 bridgehead atoms. The van der Waals surface area contributed by atoms with Crippen molar-refractivity contribution in [2.24, 2.45) is 0 Å². The van der Waals surface area contributed by atoms with E-state index in [4.69, 9.17) is 19.3 Å². The summed E-state index contributed by atoms with van der Waals surface area (Å²) >= 11 is 1.83. The topological polar surface area (TPSA) is 94.1 Å². The van der Waals surface area contributed by atoms with Crippen LogP contribution in [0.3, 0.4) is 0 Å². The number of aliphatic hydroxyl groups is 1. The maximum Gasteiger partial charge on any atom is 0.240 e. The van der Waals surface area contributed by atoms with Crippen molar-refractivity contribution in [3.05, 3.63) is 18.2 Å². The van der Waals surface area contributed by atoms with E-state index >= 15 is 0 Å². The third-order valence-corrected chi connectivity index (χ3v) is 6.70. The minimum absolute atomic E-state index is 0.0796. The lowest BCUT2D eigenvalue weighted by molar-refractivity contribution is -0.0591. The van der Waals surface area contributed by atoms with Gasteiger partial charge in [-0.15, -0.1) is 0 Å². The Bertz CT molecular complexity index is 688. The lowest BCUT2D eigenvalue weighted by Crippen LogP contribution is -2.48. The molecule has 2 aliphatic rings. The first-order chi connectivity index (χ1) is 12.0. The van der Waals surface area contributed by atoms with Gasteiger partial charge in [0.2, 0.25) is 10.0 Å². The monoisotopic (exact) mass is 389 g/mol. The van der Waals surface area contributed by atoms with E-state index in [1.807, 2.05) is 11.8 Å². The first-order valence-electron chi connectivity index (χ1n) is 8.27. The van der Waals surface area contributed by atoms with Crippen molar-refractivity contribution in [3.8, 4) is 11.5 Å². The molecule has 0 saturated carbocycles. The van der Waals surface area contributed by atoms with Gasteiger partial charge in [0.25, 0.3) is 0 Å². The largest absolute Gasteiger partial charge is 0.486 e. The van der Waals surface area contributed by atoms with Gasteiger partial charge in [-0.2, -0.15) is 11.8 Å². The Morgan fingerprint density at radius 2 is 1.92 bits per heavy atom. The summed E-state index contributed by atoms with van der Waals surface area (Å²) < 4.78 is 44.7. The van der Waals surface area contributed by atoms with Gasteiger partial charge in [0.15, 0.2) is 11.5 Å².